The third-order valence-corrected chi connectivity index (χ3v) is 3.56. The highest BCUT2D eigenvalue weighted by Gasteiger charge is 2.38. The van der Waals surface area contributed by atoms with E-state index in [-0.39, 0.29) is 5.54 Å². The molecule has 2 saturated heterocycles. The molecule has 2 rings (SSSR count). The van der Waals surface area contributed by atoms with Crippen molar-refractivity contribution in [3.8, 4) is 0 Å². The molecule has 14 heavy (non-hydrogen) atoms. The van der Waals surface area contributed by atoms with E-state index in [1.54, 1.807) is 0 Å². The Bertz CT molecular complexity index is 221. The molecule has 0 bridgehead atoms. The largest absolute Gasteiger partial charge is 0.341 e. The van der Waals surface area contributed by atoms with Crippen molar-refractivity contribution in [1.82, 2.24) is 10.2 Å². The molecule has 2 aliphatic rings. The number of nitrogens with one attached hydrogen (secondary N) is 1. The van der Waals surface area contributed by atoms with Crippen LogP contribution in [0, 0.1) is 0 Å². The van der Waals surface area contributed by atoms with Gasteiger partial charge in [-0.15, -0.1) is 0 Å². The van der Waals surface area contributed by atoms with E-state index in [0.717, 1.165) is 19.6 Å². The molecule has 0 radical (unpaired) electrons. The van der Waals surface area contributed by atoms with Crippen molar-refractivity contribution in [3.63, 3.8) is 0 Å². The van der Waals surface area contributed by atoms with Gasteiger partial charge in [0.15, 0.2) is 0 Å². The van der Waals surface area contributed by atoms with Gasteiger partial charge in [0, 0.05) is 25.0 Å². The molecule has 2 fully saturated rings. The minimum absolute atomic E-state index is 0.281. The van der Waals surface area contributed by atoms with Gasteiger partial charge >= 0.3 is 0 Å². The summed E-state index contributed by atoms with van der Waals surface area (Å²) in [7, 11) is 0. The van der Waals surface area contributed by atoms with E-state index in [4.69, 9.17) is 0 Å². The maximum absolute atomic E-state index is 11.6. The molecule has 3 nitrogen and oxygen atoms in total. The average molecular weight is 196 g/mol. The summed E-state index contributed by atoms with van der Waals surface area (Å²) in [6, 6.07) is 0. The first-order chi connectivity index (χ1) is 6.76. The maximum atomic E-state index is 11.6. The number of nitrogens with zero attached hydrogens (tertiary/aromatic N) is 1. The van der Waals surface area contributed by atoms with Crippen molar-refractivity contribution in [3.05, 3.63) is 0 Å². The third-order valence-electron chi connectivity index (χ3n) is 3.56. The van der Waals surface area contributed by atoms with Crippen LogP contribution in [0.4, 0.5) is 0 Å². The zero-order valence-electron chi connectivity index (χ0n) is 9.01. The normalized spacial score (nSPS) is 32.5. The number of carbonyl (C=O) groups is 1. The zero-order valence-corrected chi connectivity index (χ0v) is 9.01. The zero-order chi connectivity index (χ0) is 10.0. The summed E-state index contributed by atoms with van der Waals surface area (Å²) in [6.45, 7) is 5.00. The number of carbonyl (C=O) groups excluding carboxylic acids is 1. The van der Waals surface area contributed by atoms with Crippen LogP contribution in [0.5, 0.6) is 0 Å². The van der Waals surface area contributed by atoms with Gasteiger partial charge in [-0.1, -0.05) is 6.92 Å². The molecular formula is C11H20N2O. The van der Waals surface area contributed by atoms with Gasteiger partial charge in [0.25, 0.3) is 0 Å². The Morgan fingerprint density at radius 2 is 2.21 bits per heavy atom. The van der Waals surface area contributed by atoms with E-state index in [0.29, 0.717) is 12.3 Å². The van der Waals surface area contributed by atoms with Crippen LogP contribution < -0.4 is 5.32 Å². The Morgan fingerprint density at radius 1 is 1.43 bits per heavy atom. The number of hydrogen-bond donors (Lipinski definition) is 1. The lowest BCUT2D eigenvalue weighted by molar-refractivity contribution is -0.133. The van der Waals surface area contributed by atoms with Gasteiger partial charge in [0.1, 0.15) is 0 Å². The van der Waals surface area contributed by atoms with Gasteiger partial charge in [-0.3, -0.25) is 4.79 Å². The topological polar surface area (TPSA) is 32.3 Å². The van der Waals surface area contributed by atoms with Crippen LogP contribution in [0.25, 0.3) is 0 Å². The minimum atomic E-state index is 0.281. The second kappa shape index (κ2) is 3.89. The SMILES string of the molecule is CCC(=O)N1CCCC2(CCCN2)C1. The van der Waals surface area contributed by atoms with E-state index < -0.39 is 0 Å². The van der Waals surface area contributed by atoms with Crippen LogP contribution in [0.15, 0.2) is 0 Å². The van der Waals surface area contributed by atoms with Crippen molar-refractivity contribution in [2.75, 3.05) is 19.6 Å². The van der Waals surface area contributed by atoms with Crippen LogP contribution in [0.3, 0.4) is 0 Å². The van der Waals surface area contributed by atoms with Gasteiger partial charge < -0.3 is 10.2 Å². The predicted molar refractivity (Wildman–Crippen MR) is 56.1 cm³/mol. The fourth-order valence-electron chi connectivity index (χ4n) is 2.79. The summed E-state index contributed by atoms with van der Waals surface area (Å²) in [5.41, 5.74) is 0.281. The molecule has 0 aliphatic carbocycles. The van der Waals surface area contributed by atoms with E-state index in [1.807, 2.05) is 11.8 Å². The second-order valence-electron chi connectivity index (χ2n) is 4.58. The van der Waals surface area contributed by atoms with Crippen LogP contribution in [0.1, 0.15) is 39.0 Å². The Kier molecular flexibility index (Phi) is 2.77. The Balaban J connectivity index is 1.99. The van der Waals surface area contributed by atoms with Crippen molar-refractivity contribution < 1.29 is 4.79 Å². The summed E-state index contributed by atoms with van der Waals surface area (Å²) in [5, 5.41) is 3.59. The highest BCUT2D eigenvalue weighted by Crippen LogP contribution is 2.29. The standard InChI is InChI=1S/C11H20N2O/c1-2-10(14)13-8-4-6-11(9-13)5-3-7-12-11/h12H,2-9H2,1H3. The maximum Gasteiger partial charge on any atom is 0.222 e. The van der Waals surface area contributed by atoms with E-state index in [9.17, 15) is 4.79 Å². The highest BCUT2D eigenvalue weighted by molar-refractivity contribution is 5.76. The number of piperidine rings is 1. The van der Waals surface area contributed by atoms with Gasteiger partial charge in [-0.25, -0.2) is 0 Å². The molecule has 80 valence electrons. The highest BCUT2D eigenvalue weighted by atomic mass is 16.2. The average Bonchev–Trinajstić information content (AvgIpc) is 2.65. The Hall–Kier alpha value is -0.570. The molecule has 1 N–H and O–H groups in total. The lowest BCUT2D eigenvalue weighted by Crippen LogP contribution is -2.55. The molecule has 2 heterocycles. The monoisotopic (exact) mass is 196 g/mol. The first-order valence-electron chi connectivity index (χ1n) is 5.79. The van der Waals surface area contributed by atoms with Crippen LogP contribution in [0.2, 0.25) is 0 Å². The molecule has 0 aromatic carbocycles. The molecule has 1 amide bonds. The number of rotatable bonds is 1. The smallest absolute Gasteiger partial charge is 0.222 e. The fourth-order valence-corrected chi connectivity index (χ4v) is 2.79. The molecule has 0 aromatic rings. The molecule has 0 saturated carbocycles. The van der Waals surface area contributed by atoms with Gasteiger partial charge in [0.2, 0.25) is 5.91 Å². The quantitative estimate of drug-likeness (QED) is 0.682. The summed E-state index contributed by atoms with van der Waals surface area (Å²) < 4.78 is 0. The molecule has 1 spiro atoms. The molecule has 1 unspecified atom stereocenters. The molecule has 3 heteroatoms. The summed E-state index contributed by atoms with van der Waals surface area (Å²) in [5.74, 6) is 0.317. The van der Waals surface area contributed by atoms with Crippen LogP contribution in [-0.4, -0.2) is 36.0 Å². The Labute approximate surface area is 85.8 Å². The summed E-state index contributed by atoms with van der Waals surface area (Å²) >= 11 is 0. The first kappa shape index (κ1) is 9.97. The number of amides is 1. The van der Waals surface area contributed by atoms with Crippen LogP contribution >= 0.6 is 0 Å². The second-order valence-corrected chi connectivity index (χ2v) is 4.58. The molecule has 0 aromatic heterocycles. The van der Waals surface area contributed by atoms with Gasteiger partial charge in [-0.05, 0) is 32.2 Å². The summed E-state index contributed by atoms with van der Waals surface area (Å²) in [4.78, 5) is 13.6. The summed E-state index contributed by atoms with van der Waals surface area (Å²) in [6.07, 6.45) is 5.59. The van der Waals surface area contributed by atoms with E-state index in [2.05, 4.69) is 5.32 Å². The van der Waals surface area contributed by atoms with Crippen molar-refractivity contribution >= 4 is 5.91 Å². The Morgan fingerprint density at radius 3 is 2.86 bits per heavy atom. The van der Waals surface area contributed by atoms with Crippen molar-refractivity contribution in [2.45, 2.75) is 44.6 Å². The van der Waals surface area contributed by atoms with Crippen molar-refractivity contribution in [1.29, 1.82) is 0 Å². The third kappa shape index (κ3) is 1.78. The number of likely N-dealkylation sites (tertiary alicyclic amines) is 1. The van der Waals surface area contributed by atoms with Crippen LogP contribution in [-0.2, 0) is 4.79 Å². The van der Waals surface area contributed by atoms with E-state index >= 15 is 0 Å². The lowest BCUT2D eigenvalue weighted by Gasteiger charge is -2.40. The molecule has 1 atom stereocenters. The lowest BCUT2D eigenvalue weighted by atomic mass is 9.87. The molecule has 2 aliphatic heterocycles. The van der Waals surface area contributed by atoms with Gasteiger partial charge in [0.05, 0.1) is 0 Å². The first-order valence-corrected chi connectivity index (χ1v) is 5.79. The van der Waals surface area contributed by atoms with E-state index in [1.165, 1.54) is 25.7 Å². The molecular weight excluding hydrogens is 176 g/mol. The number of hydrogen-bond acceptors (Lipinski definition) is 2. The minimum Gasteiger partial charge on any atom is -0.341 e. The predicted octanol–water partition coefficient (Wildman–Crippen LogP) is 1.14. The van der Waals surface area contributed by atoms with Gasteiger partial charge in [-0.2, -0.15) is 0 Å². The van der Waals surface area contributed by atoms with Crippen molar-refractivity contribution in [2.24, 2.45) is 0 Å². The fraction of sp³-hybridized carbons (Fsp3) is 0.909.